The number of amides is 2. The predicted octanol–water partition coefficient (Wildman–Crippen LogP) is 3.81. The summed E-state index contributed by atoms with van der Waals surface area (Å²) in [7, 11) is 1.72. The first-order valence-corrected chi connectivity index (χ1v) is 9.56. The van der Waals surface area contributed by atoms with Crippen LogP contribution >= 0.6 is 0 Å². The van der Waals surface area contributed by atoms with E-state index in [0.717, 1.165) is 23.0 Å². The predicted molar refractivity (Wildman–Crippen MR) is 110 cm³/mol. The average molecular weight is 373 g/mol. The highest BCUT2D eigenvalue weighted by Gasteiger charge is 2.35. The van der Waals surface area contributed by atoms with Crippen molar-refractivity contribution in [3.05, 3.63) is 71.9 Å². The highest BCUT2D eigenvalue weighted by atomic mass is 16.2. The van der Waals surface area contributed by atoms with Gasteiger partial charge < -0.3 is 9.80 Å². The fraction of sp³-hybridized carbons (Fsp3) is 0.261. The van der Waals surface area contributed by atoms with Crippen molar-refractivity contribution >= 4 is 28.4 Å². The average Bonchev–Trinajstić information content (AvgIpc) is 2.73. The summed E-state index contributed by atoms with van der Waals surface area (Å²) in [6.07, 6.45) is 1.53. The molecule has 0 saturated carbocycles. The van der Waals surface area contributed by atoms with Gasteiger partial charge in [0.1, 0.15) is 6.04 Å². The molecule has 5 nitrogen and oxygen atoms in total. The van der Waals surface area contributed by atoms with Gasteiger partial charge in [0.15, 0.2) is 0 Å². The zero-order valence-corrected chi connectivity index (χ0v) is 16.1. The van der Waals surface area contributed by atoms with Crippen molar-refractivity contribution in [1.29, 1.82) is 0 Å². The van der Waals surface area contributed by atoms with Gasteiger partial charge in [-0.2, -0.15) is 0 Å². The van der Waals surface area contributed by atoms with E-state index in [2.05, 4.69) is 4.98 Å². The van der Waals surface area contributed by atoms with E-state index in [9.17, 15) is 9.59 Å². The van der Waals surface area contributed by atoms with Crippen LogP contribution in [0.25, 0.3) is 10.9 Å². The SMILES string of the molecule is Cc1nc2ccccc2cc1C(=O)N(C)C1CCCN(c2ccccc2)C1=O. The van der Waals surface area contributed by atoms with E-state index < -0.39 is 6.04 Å². The molecule has 2 amide bonds. The van der Waals surface area contributed by atoms with Crippen molar-refractivity contribution < 1.29 is 9.59 Å². The van der Waals surface area contributed by atoms with E-state index in [-0.39, 0.29) is 11.8 Å². The normalized spacial score (nSPS) is 17.0. The first-order valence-electron chi connectivity index (χ1n) is 9.56. The Morgan fingerprint density at radius 1 is 1.11 bits per heavy atom. The number of carbonyl (C=O) groups is 2. The van der Waals surface area contributed by atoms with Crippen molar-refractivity contribution in [1.82, 2.24) is 9.88 Å². The second-order valence-electron chi connectivity index (χ2n) is 7.21. The lowest BCUT2D eigenvalue weighted by Gasteiger charge is -2.37. The molecule has 1 fully saturated rings. The number of aryl methyl sites for hydroxylation is 1. The lowest BCUT2D eigenvalue weighted by atomic mass is 10.0. The van der Waals surface area contributed by atoms with Crippen LogP contribution in [0.2, 0.25) is 0 Å². The molecule has 1 aliphatic heterocycles. The molecule has 0 spiro atoms. The Hall–Kier alpha value is -3.21. The van der Waals surface area contributed by atoms with Gasteiger partial charge in [-0.05, 0) is 44.0 Å². The molecule has 0 radical (unpaired) electrons. The van der Waals surface area contributed by atoms with Crippen LogP contribution in [0.4, 0.5) is 5.69 Å². The summed E-state index contributed by atoms with van der Waals surface area (Å²) in [6.45, 7) is 2.52. The number of para-hydroxylation sites is 2. The smallest absolute Gasteiger partial charge is 0.256 e. The number of pyridine rings is 1. The monoisotopic (exact) mass is 373 g/mol. The largest absolute Gasteiger partial charge is 0.330 e. The fourth-order valence-corrected chi connectivity index (χ4v) is 3.84. The fourth-order valence-electron chi connectivity index (χ4n) is 3.84. The number of anilines is 1. The minimum atomic E-state index is -0.465. The van der Waals surface area contributed by atoms with Gasteiger partial charge in [-0.1, -0.05) is 36.4 Å². The molecule has 4 rings (SSSR count). The van der Waals surface area contributed by atoms with Crippen LogP contribution in [-0.4, -0.2) is 41.3 Å². The minimum absolute atomic E-state index is 0.0281. The summed E-state index contributed by atoms with van der Waals surface area (Å²) in [5, 5.41) is 0.922. The summed E-state index contributed by atoms with van der Waals surface area (Å²) < 4.78 is 0. The standard InChI is InChI=1S/C23H23N3O2/c1-16-19(15-17-9-6-7-12-20(17)24-16)22(27)25(2)21-13-8-14-26(23(21)28)18-10-4-3-5-11-18/h3-7,9-12,15,21H,8,13-14H2,1-2H3. The van der Waals surface area contributed by atoms with Gasteiger partial charge in [-0.3, -0.25) is 14.6 Å². The number of piperidine rings is 1. The van der Waals surface area contributed by atoms with E-state index in [1.807, 2.05) is 67.6 Å². The molecule has 2 aromatic carbocycles. The van der Waals surface area contributed by atoms with Crippen molar-refractivity contribution in [3.63, 3.8) is 0 Å². The molecule has 1 saturated heterocycles. The van der Waals surface area contributed by atoms with Crippen LogP contribution in [0.3, 0.4) is 0 Å². The molecule has 5 heteroatoms. The number of aromatic nitrogens is 1. The molecule has 0 N–H and O–H groups in total. The van der Waals surface area contributed by atoms with Crippen molar-refractivity contribution in [2.24, 2.45) is 0 Å². The van der Waals surface area contributed by atoms with E-state index in [1.54, 1.807) is 16.8 Å². The summed E-state index contributed by atoms with van der Waals surface area (Å²) in [5.74, 6) is -0.191. The lowest BCUT2D eigenvalue weighted by Crippen LogP contribution is -2.53. The molecule has 2 heterocycles. The van der Waals surface area contributed by atoms with Crippen LogP contribution in [0, 0.1) is 6.92 Å². The Labute approximate surface area is 164 Å². The lowest BCUT2D eigenvalue weighted by molar-refractivity contribution is -0.124. The number of carbonyl (C=O) groups excluding carboxylic acids is 2. The molecule has 0 aliphatic carbocycles. The summed E-state index contributed by atoms with van der Waals surface area (Å²) >= 11 is 0. The number of rotatable bonds is 3. The van der Waals surface area contributed by atoms with Gasteiger partial charge >= 0.3 is 0 Å². The molecule has 142 valence electrons. The van der Waals surface area contributed by atoms with Gasteiger partial charge in [-0.25, -0.2) is 0 Å². The molecule has 1 unspecified atom stereocenters. The van der Waals surface area contributed by atoms with Crippen LogP contribution in [0.15, 0.2) is 60.7 Å². The summed E-state index contributed by atoms with van der Waals surface area (Å²) in [5.41, 5.74) is 2.97. The van der Waals surface area contributed by atoms with E-state index >= 15 is 0 Å². The molecule has 1 atom stereocenters. The van der Waals surface area contributed by atoms with Crippen LogP contribution in [-0.2, 0) is 4.79 Å². The molecule has 1 aliphatic rings. The quantitative estimate of drug-likeness (QED) is 0.701. The van der Waals surface area contributed by atoms with Crippen LogP contribution < -0.4 is 4.90 Å². The van der Waals surface area contributed by atoms with Gasteiger partial charge in [0.05, 0.1) is 16.8 Å². The van der Waals surface area contributed by atoms with Crippen molar-refractivity contribution in [2.75, 3.05) is 18.5 Å². The van der Waals surface area contributed by atoms with Crippen LogP contribution in [0.5, 0.6) is 0 Å². The Balaban J connectivity index is 1.61. The number of hydrogen-bond acceptors (Lipinski definition) is 3. The maximum Gasteiger partial charge on any atom is 0.256 e. The molecule has 3 aromatic rings. The van der Waals surface area contributed by atoms with Gasteiger partial charge in [0, 0.05) is 24.7 Å². The zero-order chi connectivity index (χ0) is 19.7. The number of likely N-dealkylation sites (N-methyl/N-ethyl adjacent to an activating group) is 1. The third-order valence-corrected chi connectivity index (χ3v) is 5.41. The topological polar surface area (TPSA) is 53.5 Å². The second-order valence-corrected chi connectivity index (χ2v) is 7.21. The minimum Gasteiger partial charge on any atom is -0.330 e. The first kappa shape index (κ1) is 18.2. The Kier molecular flexibility index (Phi) is 4.82. The summed E-state index contributed by atoms with van der Waals surface area (Å²) in [4.78, 5) is 34.3. The molecule has 0 bridgehead atoms. The van der Waals surface area contributed by atoms with Gasteiger partial charge in [-0.15, -0.1) is 0 Å². The van der Waals surface area contributed by atoms with Crippen molar-refractivity contribution in [2.45, 2.75) is 25.8 Å². The third-order valence-electron chi connectivity index (χ3n) is 5.41. The first-order chi connectivity index (χ1) is 13.6. The zero-order valence-electron chi connectivity index (χ0n) is 16.1. The van der Waals surface area contributed by atoms with Gasteiger partial charge in [0.25, 0.3) is 5.91 Å². The number of benzene rings is 2. The number of fused-ring (bicyclic) bond motifs is 1. The number of hydrogen-bond donors (Lipinski definition) is 0. The Morgan fingerprint density at radius 3 is 2.61 bits per heavy atom. The van der Waals surface area contributed by atoms with E-state index in [4.69, 9.17) is 0 Å². The molecular formula is C23H23N3O2. The second kappa shape index (κ2) is 7.43. The Bertz CT molecular complexity index is 1030. The molecular weight excluding hydrogens is 350 g/mol. The summed E-state index contributed by atoms with van der Waals surface area (Å²) in [6, 6.07) is 18.8. The third kappa shape index (κ3) is 3.24. The van der Waals surface area contributed by atoms with E-state index in [0.29, 0.717) is 24.2 Å². The highest BCUT2D eigenvalue weighted by molar-refractivity contribution is 6.04. The van der Waals surface area contributed by atoms with Crippen molar-refractivity contribution in [3.8, 4) is 0 Å². The Morgan fingerprint density at radius 2 is 1.82 bits per heavy atom. The maximum atomic E-state index is 13.2. The highest BCUT2D eigenvalue weighted by Crippen LogP contribution is 2.25. The molecule has 1 aromatic heterocycles. The number of nitrogens with zero attached hydrogens (tertiary/aromatic N) is 3. The van der Waals surface area contributed by atoms with Gasteiger partial charge in [0.2, 0.25) is 5.91 Å². The maximum absolute atomic E-state index is 13.2. The van der Waals surface area contributed by atoms with Crippen LogP contribution in [0.1, 0.15) is 28.9 Å². The van der Waals surface area contributed by atoms with E-state index in [1.165, 1.54) is 0 Å². The molecule has 28 heavy (non-hydrogen) atoms.